The Balaban J connectivity index is 1.91. The maximum Gasteiger partial charge on any atom is 0.226 e. The van der Waals surface area contributed by atoms with Gasteiger partial charge in [-0.25, -0.2) is 4.98 Å². The van der Waals surface area contributed by atoms with Crippen LogP contribution < -0.4 is 10.6 Å². The highest BCUT2D eigenvalue weighted by molar-refractivity contribution is 7.11. The van der Waals surface area contributed by atoms with Crippen molar-refractivity contribution in [1.29, 1.82) is 0 Å². The number of hydrogen-bond acceptors (Lipinski definition) is 5. The van der Waals surface area contributed by atoms with Crippen molar-refractivity contribution in [3.63, 3.8) is 0 Å². The van der Waals surface area contributed by atoms with E-state index in [0.717, 1.165) is 28.7 Å². The average Bonchev–Trinajstić information content (AvgIpc) is 2.86. The number of methoxy groups -OCH3 is 1. The van der Waals surface area contributed by atoms with Gasteiger partial charge in [0.15, 0.2) is 0 Å². The van der Waals surface area contributed by atoms with Crippen LogP contribution in [0.15, 0.2) is 0 Å². The van der Waals surface area contributed by atoms with Crippen molar-refractivity contribution in [2.45, 2.75) is 32.4 Å². The maximum absolute atomic E-state index is 12.0. The third kappa shape index (κ3) is 3.07. The molecule has 1 fully saturated rings. The maximum atomic E-state index is 12.0. The molecular formula is C12H19N3O2S. The highest BCUT2D eigenvalue weighted by Crippen LogP contribution is 2.16. The summed E-state index contributed by atoms with van der Waals surface area (Å²) in [6.45, 7) is 5.51. The summed E-state index contributed by atoms with van der Waals surface area (Å²) in [4.78, 5) is 17.5. The number of aryl methyl sites for hydroxylation is 2. The molecule has 1 aromatic rings. The highest BCUT2D eigenvalue weighted by atomic mass is 32.1. The van der Waals surface area contributed by atoms with Crippen LogP contribution in [0.2, 0.25) is 0 Å². The topological polar surface area (TPSA) is 63.2 Å². The minimum absolute atomic E-state index is 0.0131. The highest BCUT2D eigenvalue weighted by Gasteiger charge is 2.28. The summed E-state index contributed by atoms with van der Waals surface area (Å²) in [5.41, 5.74) is 0.884. The molecule has 2 atom stereocenters. The molecule has 1 aliphatic heterocycles. The predicted molar refractivity (Wildman–Crippen MR) is 70.9 cm³/mol. The smallest absolute Gasteiger partial charge is 0.226 e. The van der Waals surface area contributed by atoms with Crippen LogP contribution in [0, 0.1) is 13.8 Å². The fourth-order valence-electron chi connectivity index (χ4n) is 2.19. The van der Waals surface area contributed by atoms with Gasteiger partial charge in [0.2, 0.25) is 5.91 Å². The zero-order chi connectivity index (χ0) is 13.1. The Morgan fingerprint density at radius 1 is 1.56 bits per heavy atom. The molecule has 6 heteroatoms. The van der Waals surface area contributed by atoms with E-state index in [1.165, 1.54) is 0 Å². The summed E-state index contributed by atoms with van der Waals surface area (Å²) < 4.78 is 5.31. The van der Waals surface area contributed by atoms with E-state index >= 15 is 0 Å². The monoisotopic (exact) mass is 269 g/mol. The molecule has 100 valence electrons. The molecule has 5 nitrogen and oxygen atoms in total. The van der Waals surface area contributed by atoms with Gasteiger partial charge in [-0.15, -0.1) is 11.3 Å². The first kappa shape index (κ1) is 13.5. The molecular weight excluding hydrogens is 250 g/mol. The summed E-state index contributed by atoms with van der Waals surface area (Å²) in [5, 5.41) is 7.21. The summed E-state index contributed by atoms with van der Waals surface area (Å²) in [6.07, 6.45) is 0.413. The number of carbonyl (C=O) groups excluding carboxylic acids is 1. The summed E-state index contributed by atoms with van der Waals surface area (Å²) >= 11 is 1.63. The van der Waals surface area contributed by atoms with Crippen molar-refractivity contribution in [2.24, 2.45) is 0 Å². The molecule has 0 spiro atoms. The van der Waals surface area contributed by atoms with Gasteiger partial charge >= 0.3 is 0 Å². The van der Waals surface area contributed by atoms with E-state index in [4.69, 9.17) is 4.74 Å². The van der Waals surface area contributed by atoms with Crippen LogP contribution in [0.3, 0.4) is 0 Å². The van der Waals surface area contributed by atoms with Gasteiger partial charge in [0.1, 0.15) is 0 Å². The van der Waals surface area contributed by atoms with Gasteiger partial charge in [-0.05, 0) is 13.8 Å². The van der Waals surface area contributed by atoms with E-state index in [0.29, 0.717) is 6.42 Å². The SMILES string of the molecule is COC1CNCC1NC(=O)Cc1nc(C)sc1C. The van der Waals surface area contributed by atoms with Crippen LogP contribution >= 0.6 is 11.3 Å². The van der Waals surface area contributed by atoms with Crippen molar-refractivity contribution >= 4 is 17.2 Å². The van der Waals surface area contributed by atoms with Gasteiger partial charge < -0.3 is 15.4 Å². The van der Waals surface area contributed by atoms with Gasteiger partial charge in [0.05, 0.1) is 29.3 Å². The second-order valence-electron chi connectivity index (χ2n) is 4.52. The molecule has 2 heterocycles. The first-order chi connectivity index (χ1) is 8.60. The number of thiazole rings is 1. The Morgan fingerprint density at radius 3 is 2.94 bits per heavy atom. The first-order valence-corrected chi connectivity index (χ1v) is 6.87. The van der Waals surface area contributed by atoms with E-state index in [2.05, 4.69) is 15.6 Å². The molecule has 1 saturated heterocycles. The van der Waals surface area contributed by atoms with Crippen LogP contribution in [0.1, 0.15) is 15.6 Å². The summed E-state index contributed by atoms with van der Waals surface area (Å²) in [6, 6.07) is 0.0579. The van der Waals surface area contributed by atoms with Crippen LogP contribution in [-0.2, 0) is 16.0 Å². The van der Waals surface area contributed by atoms with Crippen LogP contribution in [-0.4, -0.2) is 43.2 Å². The summed E-state index contributed by atoms with van der Waals surface area (Å²) in [7, 11) is 1.67. The Kier molecular flexibility index (Phi) is 4.31. The Bertz CT molecular complexity index is 433. The Morgan fingerprint density at radius 2 is 2.33 bits per heavy atom. The zero-order valence-electron chi connectivity index (χ0n) is 10.9. The number of nitrogens with zero attached hydrogens (tertiary/aromatic N) is 1. The molecule has 0 radical (unpaired) electrons. The number of rotatable bonds is 4. The Labute approximate surface area is 111 Å². The lowest BCUT2D eigenvalue weighted by Gasteiger charge is -2.18. The van der Waals surface area contributed by atoms with Gasteiger partial charge in [-0.2, -0.15) is 0 Å². The molecule has 1 aromatic heterocycles. The largest absolute Gasteiger partial charge is 0.378 e. The summed E-state index contributed by atoms with van der Waals surface area (Å²) in [5.74, 6) is 0.0131. The number of amides is 1. The van der Waals surface area contributed by atoms with Crippen LogP contribution in [0.4, 0.5) is 0 Å². The molecule has 1 amide bonds. The van der Waals surface area contributed by atoms with Gasteiger partial charge in [-0.3, -0.25) is 4.79 Å². The quantitative estimate of drug-likeness (QED) is 0.831. The lowest BCUT2D eigenvalue weighted by Crippen LogP contribution is -2.44. The molecule has 0 bridgehead atoms. The van der Waals surface area contributed by atoms with Crippen molar-refractivity contribution in [3.8, 4) is 0 Å². The minimum Gasteiger partial charge on any atom is -0.378 e. The second kappa shape index (κ2) is 5.77. The lowest BCUT2D eigenvalue weighted by molar-refractivity contribution is -0.121. The first-order valence-electron chi connectivity index (χ1n) is 6.06. The molecule has 0 saturated carbocycles. The van der Waals surface area contributed by atoms with Crippen LogP contribution in [0.5, 0.6) is 0 Å². The molecule has 1 aliphatic rings. The van der Waals surface area contributed by atoms with Crippen molar-refractivity contribution in [3.05, 3.63) is 15.6 Å². The number of nitrogens with one attached hydrogen (secondary N) is 2. The third-order valence-electron chi connectivity index (χ3n) is 3.14. The number of ether oxygens (including phenoxy) is 1. The van der Waals surface area contributed by atoms with Crippen LogP contribution in [0.25, 0.3) is 0 Å². The van der Waals surface area contributed by atoms with E-state index in [-0.39, 0.29) is 18.1 Å². The normalized spacial score (nSPS) is 23.3. The zero-order valence-corrected chi connectivity index (χ0v) is 11.8. The molecule has 0 aliphatic carbocycles. The number of carbonyl (C=O) groups is 1. The fourth-order valence-corrected chi connectivity index (χ4v) is 3.03. The van der Waals surface area contributed by atoms with E-state index < -0.39 is 0 Å². The lowest BCUT2D eigenvalue weighted by atomic mass is 10.2. The third-order valence-corrected chi connectivity index (χ3v) is 4.06. The fraction of sp³-hybridized carbons (Fsp3) is 0.667. The minimum atomic E-state index is 0.0131. The Hall–Kier alpha value is -0.980. The number of hydrogen-bond donors (Lipinski definition) is 2. The van der Waals surface area contributed by atoms with Gasteiger partial charge in [0, 0.05) is 25.1 Å². The predicted octanol–water partition coefficient (Wildman–Crippen LogP) is 0.405. The van der Waals surface area contributed by atoms with Crippen molar-refractivity contribution in [1.82, 2.24) is 15.6 Å². The van der Waals surface area contributed by atoms with Crippen molar-refractivity contribution < 1.29 is 9.53 Å². The van der Waals surface area contributed by atoms with E-state index in [9.17, 15) is 4.79 Å². The van der Waals surface area contributed by atoms with Crippen molar-refractivity contribution in [2.75, 3.05) is 20.2 Å². The van der Waals surface area contributed by atoms with E-state index in [1.54, 1.807) is 18.4 Å². The molecule has 2 unspecified atom stereocenters. The molecule has 2 N–H and O–H groups in total. The molecule has 0 aromatic carbocycles. The van der Waals surface area contributed by atoms with E-state index in [1.807, 2.05) is 13.8 Å². The van der Waals surface area contributed by atoms with Gasteiger partial charge in [-0.1, -0.05) is 0 Å². The number of aromatic nitrogens is 1. The second-order valence-corrected chi connectivity index (χ2v) is 5.93. The molecule has 18 heavy (non-hydrogen) atoms. The standard InChI is InChI=1S/C12H19N3O2S/c1-7-9(14-8(2)18-7)4-12(16)15-10-5-13-6-11(10)17-3/h10-11,13H,4-6H2,1-3H3,(H,15,16). The average molecular weight is 269 g/mol. The molecule has 2 rings (SSSR count). The van der Waals surface area contributed by atoms with Gasteiger partial charge in [0.25, 0.3) is 0 Å².